The second kappa shape index (κ2) is 31.1. The molecule has 0 saturated carbocycles. The smallest absolute Gasteiger partial charge is 0.330 e. The number of carboxylic acids is 1. The van der Waals surface area contributed by atoms with Crippen LogP contribution in [0.3, 0.4) is 0 Å². The molecule has 102 heavy (non-hydrogen) atoms. The number of primary amides is 1. The number of hydrogen-bond donors (Lipinski definition) is 21. The van der Waals surface area contributed by atoms with E-state index < -0.39 is 261 Å². The lowest BCUT2D eigenvalue weighted by molar-refractivity contribution is -0.352. The van der Waals surface area contributed by atoms with Crippen LogP contribution in [0.4, 0.5) is 0 Å². The summed E-state index contributed by atoms with van der Waals surface area (Å²) in [4.78, 5) is 116. The number of nitrogens with two attached hydrogens (primary N) is 1. The van der Waals surface area contributed by atoms with Crippen LogP contribution < -0.4 is 57.2 Å². The highest BCUT2D eigenvalue weighted by molar-refractivity contribution is 6.32. The number of nitrogens with one attached hydrogen (secondary N) is 7. The summed E-state index contributed by atoms with van der Waals surface area (Å²) in [5, 5.41) is 162. The molecule has 12 rings (SSSR count). The molecule has 5 aromatic rings. The van der Waals surface area contributed by atoms with Crippen molar-refractivity contribution in [2.45, 2.75) is 143 Å². The first-order valence-electron chi connectivity index (χ1n) is 31.4. The van der Waals surface area contributed by atoms with Gasteiger partial charge in [-0.1, -0.05) is 55.2 Å². The van der Waals surface area contributed by atoms with Crippen molar-refractivity contribution in [3.05, 3.63) is 117 Å². The van der Waals surface area contributed by atoms with Crippen molar-refractivity contribution in [3.8, 4) is 57.1 Å². The first-order valence-corrected chi connectivity index (χ1v) is 32.2. The van der Waals surface area contributed by atoms with Crippen LogP contribution in [0.2, 0.25) is 10.0 Å². The molecule has 22 N–H and O–H groups in total. The molecule has 0 radical (unpaired) electrons. The number of carboxylic acid groups (broad SMARTS) is 1. The molecular formula is C65H72Cl2N8O27. The Hall–Kier alpha value is -9.28. The van der Waals surface area contributed by atoms with E-state index in [9.17, 15) is 90.4 Å². The van der Waals surface area contributed by atoms with Gasteiger partial charge in [0.15, 0.2) is 23.8 Å². The predicted molar refractivity (Wildman–Crippen MR) is 346 cm³/mol. The molecule has 35 nitrogen and oxygen atoms in total. The molecule has 5 aromatic carbocycles. The number of aliphatic carboxylic acids is 1. The summed E-state index contributed by atoms with van der Waals surface area (Å²) >= 11 is 14.0. The number of likely N-dealkylation sites (N-methyl/N-ethyl adjacent to an activating group) is 1. The molecule has 0 spiro atoms. The van der Waals surface area contributed by atoms with Crippen LogP contribution >= 0.6 is 23.2 Å². The molecule has 0 aliphatic carbocycles. The summed E-state index contributed by atoms with van der Waals surface area (Å²) in [6, 6.07) is -1.36. The summed E-state index contributed by atoms with van der Waals surface area (Å²) in [7, 11) is 1.46. The highest BCUT2D eigenvalue weighted by Gasteiger charge is 2.52. The number of hydrogen-bond acceptors (Lipinski definition) is 27. The lowest BCUT2D eigenvalue weighted by atomic mass is 9.89. The van der Waals surface area contributed by atoms with E-state index in [1.165, 1.54) is 13.1 Å². The number of aliphatic hydroxyl groups excluding tert-OH is 9. The molecule has 11 bridgehead atoms. The van der Waals surface area contributed by atoms with Crippen LogP contribution in [-0.4, -0.2) is 220 Å². The molecular weight excluding hydrogens is 1400 g/mol. The Balaban J connectivity index is 1.20. The largest absolute Gasteiger partial charge is 0.508 e. The Morgan fingerprint density at radius 2 is 1.19 bits per heavy atom. The Kier molecular flexibility index (Phi) is 23.0. The highest BCUT2D eigenvalue weighted by atomic mass is 35.5. The normalized spacial score (nSPS) is 29.3. The minimum atomic E-state index is -2.38. The van der Waals surface area contributed by atoms with Gasteiger partial charge >= 0.3 is 5.97 Å². The predicted octanol–water partition coefficient (Wildman–Crippen LogP) is -2.31. The van der Waals surface area contributed by atoms with Gasteiger partial charge < -0.3 is 138 Å². The molecule has 2 unspecified atom stereocenters. The third-order valence-electron chi connectivity index (χ3n) is 17.5. The summed E-state index contributed by atoms with van der Waals surface area (Å²) in [5.74, 6) is -16.6. The van der Waals surface area contributed by atoms with Gasteiger partial charge in [0.25, 0.3) is 0 Å². The topological polar surface area (TPSA) is 565 Å². The Morgan fingerprint density at radius 3 is 1.77 bits per heavy atom. The van der Waals surface area contributed by atoms with Crippen LogP contribution in [0, 0.1) is 5.92 Å². The lowest BCUT2D eigenvalue weighted by Crippen LogP contribution is -2.65. The van der Waals surface area contributed by atoms with E-state index in [-0.39, 0.29) is 29.0 Å². The van der Waals surface area contributed by atoms with Gasteiger partial charge in [0.1, 0.15) is 120 Å². The van der Waals surface area contributed by atoms with Crippen molar-refractivity contribution in [1.82, 2.24) is 37.2 Å². The van der Waals surface area contributed by atoms with E-state index in [2.05, 4.69) is 37.2 Å². The number of ether oxygens (including phenoxy) is 6. The molecule has 7 aliphatic rings. The van der Waals surface area contributed by atoms with Crippen LogP contribution in [-0.2, 0) is 52.6 Å². The summed E-state index contributed by atoms with van der Waals surface area (Å²) in [6.45, 7) is 1.59. The summed E-state index contributed by atoms with van der Waals surface area (Å²) < 4.78 is 36.6. The number of phenolic OH excluding ortho intramolecular Hbond substituents is 3. The van der Waals surface area contributed by atoms with Crippen molar-refractivity contribution in [2.24, 2.45) is 11.7 Å². The maximum atomic E-state index is 15.9. The fraction of sp³-hybridized carbons (Fsp3) is 0.415. The van der Waals surface area contributed by atoms with E-state index in [4.69, 9.17) is 57.4 Å². The summed E-state index contributed by atoms with van der Waals surface area (Å²) in [5.41, 5.74) is 2.66. The number of benzene rings is 5. The number of aliphatic hydroxyl groups is 9. The zero-order valence-electron chi connectivity index (χ0n) is 53.7. The quantitative estimate of drug-likeness (QED) is 0.0555. The van der Waals surface area contributed by atoms with Crippen molar-refractivity contribution in [2.75, 3.05) is 20.3 Å². The highest BCUT2D eigenvalue weighted by Crippen LogP contribution is 2.50. The number of carbonyl (C=O) groups is 8. The van der Waals surface area contributed by atoms with Gasteiger partial charge in [-0.3, -0.25) is 33.6 Å². The second-order valence-electron chi connectivity index (χ2n) is 25.0. The van der Waals surface area contributed by atoms with Gasteiger partial charge in [0.05, 0.1) is 35.7 Å². The molecule has 7 heterocycles. The standard InChI is InChI=1S/C65H72Cl2N8O27/c1-21(2)10-31(69-3)57(89)74-46-48(82)23-5-8-35(29(66)12-23)97-37-14-25-15-38(55(37)101-65-54(88)52(86)56(40(20-77)100-65)102-64-53(87)51(85)50(84)39(19-76)99-64)98-36-9-6-24(13-30(36)67)49(83)47-62(94)73-45(63(95)96)28-16-26(78)17-34(80)42(28)27-11-22(4-7-33(27)79)43(59(91)75-47)72-60(92)44(25)71-58(90)32(18-41(68)81)70-61(46)93/h4-9,11-17,21,31-32,39-40,43-54,56,64-65,69,76-80,82-88H,10,18-20H2,1-3H3,(H2,68,81)(H,70,93)(H,71,90)(H,72,92)(H,73,94)(H,74,89)(H,75,91)(H,95,96)/t31-,32+,39-,40-,43?,44-,45-,46-,47+,48-,49-,50+,51+,52-,53-,54-,56-,64?,65+/m1/s1. The number of rotatable bonds is 14. The SMILES string of the molecule is CN[C@H](CC(C)C)C(=O)N[C@H]1C(=O)N[C@@H](CC(N)=O)C(=O)N[C@H]2C(=O)NC3C(=O)N[C@H](C(=O)N[C@@H](C(=O)O)c4cc(O)cc(O)c4-c4cc3ccc4O)[C@H](O)c3ccc(c(Cl)c3)Oc3cc2cc(c3O[C@@H]2O[C@H](CO)[C@@H](OC3O[C@H](CO)[C@H](O)[C@H](O)[C@H]3O)[C@H](O)[C@H]2O)Oc2ccc(cc2Cl)[C@H]1O. The number of phenols is 3. The van der Waals surface area contributed by atoms with Crippen LogP contribution in [0.15, 0.2) is 78.9 Å². The number of amides is 7. The van der Waals surface area contributed by atoms with Gasteiger partial charge in [-0.25, -0.2) is 4.79 Å². The summed E-state index contributed by atoms with van der Waals surface area (Å²) in [6.07, 6.45) is -25.3. The van der Waals surface area contributed by atoms with E-state index in [1.807, 2.05) is 0 Å². The van der Waals surface area contributed by atoms with Crippen molar-refractivity contribution >= 4 is 70.5 Å². The first kappa shape index (κ1) is 75.4. The molecule has 37 heteroatoms. The molecule has 2 saturated heterocycles. The van der Waals surface area contributed by atoms with Gasteiger partial charge in [0.2, 0.25) is 53.4 Å². The van der Waals surface area contributed by atoms with E-state index in [0.29, 0.717) is 0 Å². The zero-order chi connectivity index (χ0) is 74.2. The van der Waals surface area contributed by atoms with Crippen LogP contribution in [0.5, 0.6) is 46.0 Å². The molecule has 19 atom stereocenters. The lowest BCUT2D eigenvalue weighted by Gasteiger charge is -2.45. The van der Waals surface area contributed by atoms with Crippen molar-refractivity contribution < 1.29 is 133 Å². The first-order chi connectivity index (χ1) is 48.3. The minimum Gasteiger partial charge on any atom is -0.508 e. The van der Waals surface area contributed by atoms with Crippen LogP contribution in [0.25, 0.3) is 11.1 Å². The third-order valence-corrected chi connectivity index (χ3v) is 18.1. The number of halogens is 2. The average molecular weight is 1470 g/mol. The van der Waals surface area contributed by atoms with E-state index >= 15 is 14.4 Å². The van der Waals surface area contributed by atoms with Crippen molar-refractivity contribution in [3.63, 3.8) is 0 Å². The molecule has 2 fully saturated rings. The second-order valence-corrected chi connectivity index (χ2v) is 25.8. The maximum Gasteiger partial charge on any atom is 0.330 e. The fourth-order valence-corrected chi connectivity index (χ4v) is 12.7. The van der Waals surface area contributed by atoms with Crippen molar-refractivity contribution in [1.29, 1.82) is 0 Å². The monoisotopic (exact) mass is 1470 g/mol. The molecule has 548 valence electrons. The molecule has 7 amide bonds. The maximum absolute atomic E-state index is 15.9. The number of fused-ring (bicyclic) bond motifs is 15. The van der Waals surface area contributed by atoms with Gasteiger partial charge in [-0.15, -0.1) is 0 Å². The van der Waals surface area contributed by atoms with Gasteiger partial charge in [0, 0.05) is 22.8 Å². The Labute approximate surface area is 586 Å². The van der Waals surface area contributed by atoms with E-state index in [1.54, 1.807) is 13.8 Å². The fourth-order valence-electron chi connectivity index (χ4n) is 12.2. The van der Waals surface area contributed by atoms with Gasteiger partial charge in [-0.05, 0) is 96.2 Å². The third kappa shape index (κ3) is 15.7. The average Bonchev–Trinajstić information content (AvgIpc) is 0.769. The zero-order valence-corrected chi connectivity index (χ0v) is 55.3. The minimum absolute atomic E-state index is 0.113. The molecule has 7 aliphatic heterocycles. The Bertz CT molecular complexity index is 4080. The molecule has 0 aromatic heterocycles. The van der Waals surface area contributed by atoms with Gasteiger partial charge in [-0.2, -0.15) is 0 Å². The number of aromatic hydroxyl groups is 3. The van der Waals surface area contributed by atoms with Crippen LogP contribution in [0.1, 0.15) is 84.8 Å². The Morgan fingerprint density at radius 1 is 0.608 bits per heavy atom. The number of carbonyl (C=O) groups excluding carboxylic acids is 7. The van der Waals surface area contributed by atoms with E-state index in [0.717, 1.165) is 72.8 Å².